The molecule has 0 aliphatic carbocycles. The van der Waals surface area contributed by atoms with Crippen molar-refractivity contribution in [2.75, 3.05) is 62.8 Å². The van der Waals surface area contributed by atoms with Crippen LogP contribution in [0.3, 0.4) is 0 Å². The summed E-state index contributed by atoms with van der Waals surface area (Å²) in [7, 11) is -3.71. The SMILES string of the molecule is Cc1noc(C)c1C(=O)Nc1cc(S(=O)(=O)N2CCOCC2)ccc1N1CCOCC1. The third kappa shape index (κ3) is 4.45. The van der Waals surface area contributed by atoms with Gasteiger partial charge in [-0.05, 0) is 32.0 Å². The Labute approximate surface area is 181 Å². The number of carbonyl (C=O) groups is 1. The minimum absolute atomic E-state index is 0.125. The maximum absolute atomic E-state index is 13.1. The highest BCUT2D eigenvalue weighted by Crippen LogP contribution is 2.32. The van der Waals surface area contributed by atoms with Crippen LogP contribution in [0.15, 0.2) is 27.6 Å². The molecule has 1 aromatic carbocycles. The van der Waals surface area contributed by atoms with Crippen molar-refractivity contribution < 1.29 is 27.2 Å². The Bertz CT molecular complexity index is 1040. The van der Waals surface area contributed by atoms with Crippen LogP contribution in [0.2, 0.25) is 0 Å². The van der Waals surface area contributed by atoms with Gasteiger partial charge in [-0.25, -0.2) is 8.42 Å². The van der Waals surface area contributed by atoms with Crippen molar-refractivity contribution >= 4 is 27.3 Å². The first-order valence-electron chi connectivity index (χ1n) is 10.2. The molecule has 0 bridgehead atoms. The number of ether oxygens (including phenoxy) is 2. The van der Waals surface area contributed by atoms with Crippen LogP contribution in [-0.4, -0.2) is 76.4 Å². The lowest BCUT2D eigenvalue weighted by Crippen LogP contribution is -2.40. The lowest BCUT2D eigenvalue weighted by Gasteiger charge is -2.31. The predicted octanol–water partition coefficient (Wildman–Crippen LogP) is 1.40. The molecule has 2 fully saturated rings. The number of rotatable bonds is 5. The van der Waals surface area contributed by atoms with Crippen molar-refractivity contribution in [3.05, 3.63) is 35.2 Å². The van der Waals surface area contributed by atoms with Crippen molar-refractivity contribution in [2.45, 2.75) is 18.7 Å². The van der Waals surface area contributed by atoms with Crippen LogP contribution in [0, 0.1) is 13.8 Å². The van der Waals surface area contributed by atoms with E-state index in [1.807, 2.05) is 0 Å². The summed E-state index contributed by atoms with van der Waals surface area (Å²) in [4.78, 5) is 15.2. The second-order valence-corrected chi connectivity index (χ2v) is 9.39. The zero-order valence-electron chi connectivity index (χ0n) is 17.6. The van der Waals surface area contributed by atoms with Gasteiger partial charge in [-0.1, -0.05) is 5.16 Å². The van der Waals surface area contributed by atoms with E-state index in [9.17, 15) is 13.2 Å². The molecule has 1 aromatic heterocycles. The molecular weight excluding hydrogens is 424 g/mol. The normalized spacial score (nSPS) is 18.2. The van der Waals surface area contributed by atoms with Gasteiger partial charge in [-0.3, -0.25) is 4.79 Å². The number of nitrogens with zero attached hydrogens (tertiary/aromatic N) is 3. The first kappa shape index (κ1) is 21.8. The van der Waals surface area contributed by atoms with Gasteiger partial charge in [-0.2, -0.15) is 4.31 Å². The average Bonchev–Trinajstić information content (AvgIpc) is 3.13. The van der Waals surface area contributed by atoms with Crippen molar-refractivity contribution in [3.8, 4) is 0 Å². The average molecular weight is 451 g/mol. The molecule has 0 saturated carbocycles. The molecule has 0 radical (unpaired) electrons. The summed E-state index contributed by atoms with van der Waals surface area (Å²) in [6.07, 6.45) is 0. The molecule has 10 nitrogen and oxygen atoms in total. The number of amides is 1. The number of hydrogen-bond acceptors (Lipinski definition) is 8. The molecule has 3 heterocycles. The predicted molar refractivity (Wildman–Crippen MR) is 113 cm³/mol. The third-order valence-corrected chi connectivity index (χ3v) is 7.33. The van der Waals surface area contributed by atoms with Crippen LogP contribution in [0.25, 0.3) is 0 Å². The highest BCUT2D eigenvalue weighted by molar-refractivity contribution is 7.89. The molecule has 1 N–H and O–H groups in total. The van der Waals surface area contributed by atoms with Gasteiger partial charge in [0.2, 0.25) is 10.0 Å². The van der Waals surface area contributed by atoms with Crippen molar-refractivity contribution in [3.63, 3.8) is 0 Å². The lowest BCUT2D eigenvalue weighted by molar-refractivity contribution is 0.0730. The van der Waals surface area contributed by atoms with Crippen LogP contribution >= 0.6 is 0 Å². The van der Waals surface area contributed by atoms with E-state index in [4.69, 9.17) is 14.0 Å². The molecule has 168 valence electrons. The van der Waals surface area contributed by atoms with Crippen LogP contribution in [0.5, 0.6) is 0 Å². The number of hydrogen-bond donors (Lipinski definition) is 1. The van der Waals surface area contributed by atoms with Crippen LogP contribution in [0.1, 0.15) is 21.8 Å². The number of morpholine rings is 2. The smallest absolute Gasteiger partial charge is 0.261 e. The number of aromatic nitrogens is 1. The van der Waals surface area contributed by atoms with E-state index in [0.29, 0.717) is 75.3 Å². The van der Waals surface area contributed by atoms with Crippen molar-refractivity contribution in [1.82, 2.24) is 9.46 Å². The van der Waals surface area contributed by atoms with E-state index in [0.717, 1.165) is 5.69 Å². The Balaban J connectivity index is 1.70. The molecular formula is C20H26N4O6S. The Kier molecular flexibility index (Phi) is 6.28. The molecule has 0 spiro atoms. The minimum Gasteiger partial charge on any atom is -0.379 e. The highest BCUT2D eigenvalue weighted by atomic mass is 32.2. The maximum Gasteiger partial charge on any atom is 0.261 e. The molecule has 4 rings (SSSR count). The van der Waals surface area contributed by atoms with E-state index in [1.165, 1.54) is 10.4 Å². The third-order valence-electron chi connectivity index (χ3n) is 5.44. The second kappa shape index (κ2) is 8.95. The number of nitrogens with one attached hydrogen (secondary N) is 1. The Hall–Kier alpha value is -2.47. The van der Waals surface area contributed by atoms with Gasteiger partial charge in [0.25, 0.3) is 5.91 Å². The first-order valence-corrected chi connectivity index (χ1v) is 11.6. The molecule has 11 heteroatoms. The van der Waals surface area contributed by atoms with Gasteiger partial charge >= 0.3 is 0 Å². The van der Waals surface area contributed by atoms with Gasteiger partial charge < -0.3 is 24.2 Å². The summed E-state index contributed by atoms with van der Waals surface area (Å²) in [6, 6.07) is 4.84. The molecule has 1 amide bonds. The van der Waals surface area contributed by atoms with Gasteiger partial charge in [-0.15, -0.1) is 0 Å². The summed E-state index contributed by atoms with van der Waals surface area (Å²) in [5.41, 5.74) is 1.97. The quantitative estimate of drug-likeness (QED) is 0.727. The summed E-state index contributed by atoms with van der Waals surface area (Å²) < 4.78 is 43.5. The molecule has 0 atom stereocenters. The summed E-state index contributed by atoms with van der Waals surface area (Å²) in [5, 5.41) is 6.71. The zero-order chi connectivity index (χ0) is 22.0. The number of benzene rings is 1. The largest absolute Gasteiger partial charge is 0.379 e. The van der Waals surface area contributed by atoms with E-state index in [1.54, 1.807) is 26.0 Å². The topological polar surface area (TPSA) is 114 Å². The van der Waals surface area contributed by atoms with E-state index in [-0.39, 0.29) is 4.90 Å². The fourth-order valence-electron chi connectivity index (χ4n) is 3.78. The van der Waals surface area contributed by atoms with Gasteiger partial charge in [0.1, 0.15) is 11.3 Å². The fraction of sp³-hybridized carbons (Fsp3) is 0.500. The number of anilines is 2. The van der Waals surface area contributed by atoms with Gasteiger partial charge in [0.15, 0.2) is 0 Å². The number of aryl methyl sites for hydroxylation is 2. The molecule has 0 unspecified atom stereocenters. The van der Waals surface area contributed by atoms with Crippen molar-refractivity contribution in [1.29, 1.82) is 0 Å². The standard InChI is InChI=1S/C20H26N4O6S/c1-14-19(15(2)30-22-14)20(25)21-17-13-16(31(26,27)24-7-11-29-12-8-24)3-4-18(17)23-5-9-28-10-6-23/h3-4,13H,5-12H2,1-2H3,(H,21,25). The first-order chi connectivity index (χ1) is 14.9. The van der Waals surface area contributed by atoms with Crippen molar-refractivity contribution in [2.24, 2.45) is 0 Å². The zero-order valence-corrected chi connectivity index (χ0v) is 18.4. The van der Waals surface area contributed by atoms with Crippen LogP contribution in [-0.2, 0) is 19.5 Å². The molecule has 2 aliphatic rings. The summed E-state index contributed by atoms with van der Waals surface area (Å²) >= 11 is 0. The molecule has 31 heavy (non-hydrogen) atoms. The molecule has 2 saturated heterocycles. The lowest BCUT2D eigenvalue weighted by atomic mass is 10.1. The monoisotopic (exact) mass is 450 g/mol. The summed E-state index contributed by atoms with van der Waals surface area (Å²) in [6.45, 7) is 7.08. The van der Waals surface area contributed by atoms with E-state index < -0.39 is 15.9 Å². The Morgan fingerprint density at radius 3 is 2.29 bits per heavy atom. The highest BCUT2D eigenvalue weighted by Gasteiger charge is 2.28. The van der Waals surface area contributed by atoms with E-state index >= 15 is 0 Å². The van der Waals surface area contributed by atoms with Gasteiger partial charge in [0, 0.05) is 26.2 Å². The van der Waals surface area contributed by atoms with E-state index in [2.05, 4.69) is 15.4 Å². The Morgan fingerprint density at radius 1 is 1.03 bits per heavy atom. The summed E-state index contributed by atoms with van der Waals surface area (Å²) in [5.74, 6) is 0.00620. The number of carbonyl (C=O) groups excluding carboxylic acids is 1. The molecule has 2 aromatic rings. The fourth-order valence-corrected chi connectivity index (χ4v) is 5.22. The van der Waals surface area contributed by atoms with Crippen LogP contribution in [0.4, 0.5) is 11.4 Å². The number of sulfonamides is 1. The molecule has 2 aliphatic heterocycles. The Morgan fingerprint density at radius 2 is 1.68 bits per heavy atom. The minimum atomic E-state index is -3.71. The second-order valence-electron chi connectivity index (χ2n) is 7.45. The maximum atomic E-state index is 13.1. The van der Waals surface area contributed by atoms with Gasteiger partial charge in [0.05, 0.1) is 48.4 Å². The van der Waals surface area contributed by atoms with Crippen LogP contribution < -0.4 is 10.2 Å².